The molecule has 0 aliphatic carbocycles. The first-order valence-electron chi connectivity index (χ1n) is 8.16. The third-order valence-corrected chi connectivity index (χ3v) is 4.45. The molecule has 26 heavy (non-hydrogen) atoms. The third kappa shape index (κ3) is 5.16. The second-order valence-corrected chi connectivity index (χ2v) is 7.92. The highest BCUT2D eigenvalue weighted by Crippen LogP contribution is 2.28. The maximum Gasteiger partial charge on any atom is 0.149 e. The number of hydrogen-bond donors (Lipinski definition) is 2. The quantitative estimate of drug-likeness (QED) is 0.668. The van der Waals surface area contributed by atoms with Crippen LogP contribution in [0, 0.1) is 5.41 Å². The van der Waals surface area contributed by atoms with Crippen molar-refractivity contribution in [3.8, 4) is 0 Å². The number of hydrogen-bond acceptors (Lipinski definition) is 4. The Hall–Kier alpha value is -2.17. The fourth-order valence-corrected chi connectivity index (χ4v) is 2.38. The number of nitrogens with two attached hydrogens (primary N) is 1. The van der Waals surface area contributed by atoms with E-state index in [4.69, 9.17) is 28.9 Å². The molecular formula is C20H24Cl2N4. The number of pyridine rings is 1. The van der Waals surface area contributed by atoms with Gasteiger partial charge in [-0.05, 0) is 30.3 Å². The number of nitrogens with zero attached hydrogens (tertiary/aromatic N) is 2. The number of halogens is 2. The Balaban J connectivity index is 2.18. The van der Waals surface area contributed by atoms with E-state index in [0.29, 0.717) is 15.9 Å². The molecule has 0 spiro atoms. The highest BCUT2D eigenvalue weighted by Gasteiger charge is 2.15. The van der Waals surface area contributed by atoms with E-state index in [1.165, 1.54) is 0 Å². The van der Waals surface area contributed by atoms with Gasteiger partial charge in [0.15, 0.2) is 0 Å². The van der Waals surface area contributed by atoms with Crippen molar-refractivity contribution >= 4 is 40.4 Å². The van der Waals surface area contributed by atoms with Crippen LogP contribution in [0.3, 0.4) is 0 Å². The number of anilines is 2. The third-order valence-electron chi connectivity index (χ3n) is 3.91. The molecule has 2 rings (SSSR count). The molecule has 1 aromatic carbocycles. The van der Waals surface area contributed by atoms with Crippen molar-refractivity contribution in [2.75, 3.05) is 12.4 Å². The molecule has 138 valence electrons. The van der Waals surface area contributed by atoms with Crippen molar-refractivity contribution in [2.24, 2.45) is 11.1 Å². The molecule has 0 aliphatic heterocycles. The van der Waals surface area contributed by atoms with E-state index < -0.39 is 0 Å². The standard InChI is InChI=1S/C20H24Cl2N4/c1-13(26(5)12-18(23)20(2,3)4)14-10-17(22)19(24-11-14)25-16-8-6-15(21)7-9-16/h6-12H,1,23H2,2-5H3,(H,24,25)/b18-12-. The molecule has 3 N–H and O–H groups in total. The summed E-state index contributed by atoms with van der Waals surface area (Å²) in [5.74, 6) is 0.568. The van der Waals surface area contributed by atoms with E-state index in [1.54, 1.807) is 18.3 Å². The van der Waals surface area contributed by atoms with Gasteiger partial charge in [-0.2, -0.15) is 0 Å². The number of benzene rings is 1. The molecule has 6 heteroatoms. The zero-order valence-electron chi connectivity index (χ0n) is 15.5. The molecule has 2 aromatic rings. The van der Waals surface area contributed by atoms with Crippen molar-refractivity contribution in [3.05, 3.63) is 70.6 Å². The fourth-order valence-electron chi connectivity index (χ4n) is 2.04. The van der Waals surface area contributed by atoms with E-state index in [0.717, 1.165) is 22.6 Å². The average Bonchev–Trinajstić information content (AvgIpc) is 2.57. The summed E-state index contributed by atoms with van der Waals surface area (Å²) >= 11 is 12.3. The SMILES string of the molecule is C=C(c1cnc(Nc2ccc(Cl)cc2)c(Cl)c1)N(C)/C=C(\N)C(C)(C)C. The average molecular weight is 391 g/mol. The van der Waals surface area contributed by atoms with Crippen LogP contribution in [0.4, 0.5) is 11.5 Å². The molecule has 0 atom stereocenters. The van der Waals surface area contributed by atoms with Gasteiger partial charge in [0.25, 0.3) is 0 Å². The van der Waals surface area contributed by atoms with E-state index in [-0.39, 0.29) is 5.41 Å². The molecule has 1 aromatic heterocycles. The second kappa shape index (κ2) is 8.02. The minimum absolute atomic E-state index is 0.114. The summed E-state index contributed by atoms with van der Waals surface area (Å²) in [6.45, 7) is 10.3. The molecule has 0 saturated heterocycles. The van der Waals surface area contributed by atoms with Crippen LogP contribution in [0.25, 0.3) is 5.70 Å². The summed E-state index contributed by atoms with van der Waals surface area (Å²) in [5, 5.41) is 4.34. The Labute approximate surface area is 165 Å². The van der Waals surface area contributed by atoms with Gasteiger partial charge >= 0.3 is 0 Å². The Kier molecular flexibility index (Phi) is 6.21. The Bertz CT molecular complexity index is 821. The van der Waals surface area contributed by atoms with Crippen LogP contribution in [-0.4, -0.2) is 16.9 Å². The van der Waals surface area contributed by atoms with Crippen LogP contribution in [0.1, 0.15) is 26.3 Å². The van der Waals surface area contributed by atoms with Gasteiger partial charge in [0, 0.05) is 52.5 Å². The molecule has 0 unspecified atom stereocenters. The lowest BCUT2D eigenvalue weighted by Gasteiger charge is -2.24. The first-order chi connectivity index (χ1) is 12.1. The van der Waals surface area contributed by atoms with Crippen LogP contribution < -0.4 is 11.1 Å². The lowest BCUT2D eigenvalue weighted by molar-refractivity contribution is 0.480. The summed E-state index contributed by atoms with van der Waals surface area (Å²) in [5.41, 5.74) is 9.21. The molecule has 1 heterocycles. The molecule has 0 bridgehead atoms. The normalized spacial score (nSPS) is 12.0. The van der Waals surface area contributed by atoms with Crippen LogP contribution in [0.5, 0.6) is 0 Å². The Morgan fingerprint density at radius 3 is 2.38 bits per heavy atom. The summed E-state index contributed by atoms with van der Waals surface area (Å²) in [7, 11) is 1.90. The number of allylic oxidation sites excluding steroid dienone is 1. The van der Waals surface area contributed by atoms with Gasteiger partial charge in [0.05, 0.1) is 5.02 Å². The van der Waals surface area contributed by atoms with Gasteiger partial charge in [-0.25, -0.2) is 4.98 Å². The van der Waals surface area contributed by atoms with Gasteiger partial charge in [-0.1, -0.05) is 50.6 Å². The number of aromatic nitrogens is 1. The smallest absolute Gasteiger partial charge is 0.149 e. The molecular weight excluding hydrogens is 367 g/mol. The fraction of sp³-hybridized carbons (Fsp3) is 0.250. The molecule has 4 nitrogen and oxygen atoms in total. The molecule has 0 amide bonds. The van der Waals surface area contributed by atoms with E-state index in [9.17, 15) is 0 Å². The van der Waals surface area contributed by atoms with Crippen molar-refractivity contribution in [2.45, 2.75) is 20.8 Å². The van der Waals surface area contributed by atoms with E-state index in [1.807, 2.05) is 36.3 Å². The van der Waals surface area contributed by atoms with Crippen LogP contribution in [0.15, 0.2) is 55.0 Å². The van der Waals surface area contributed by atoms with Crippen LogP contribution in [-0.2, 0) is 0 Å². The Morgan fingerprint density at radius 1 is 1.23 bits per heavy atom. The van der Waals surface area contributed by atoms with Gasteiger partial charge in [0.1, 0.15) is 5.82 Å². The lowest BCUT2D eigenvalue weighted by atomic mass is 9.93. The van der Waals surface area contributed by atoms with Crippen molar-refractivity contribution in [1.29, 1.82) is 0 Å². The zero-order valence-corrected chi connectivity index (χ0v) is 17.0. The minimum atomic E-state index is -0.114. The summed E-state index contributed by atoms with van der Waals surface area (Å²) < 4.78 is 0. The highest BCUT2D eigenvalue weighted by atomic mass is 35.5. The molecule has 0 radical (unpaired) electrons. The van der Waals surface area contributed by atoms with Crippen molar-refractivity contribution in [1.82, 2.24) is 9.88 Å². The highest BCUT2D eigenvalue weighted by molar-refractivity contribution is 6.33. The van der Waals surface area contributed by atoms with Gasteiger partial charge in [-0.3, -0.25) is 0 Å². The predicted octanol–water partition coefficient (Wildman–Crippen LogP) is 5.88. The lowest BCUT2D eigenvalue weighted by Crippen LogP contribution is -2.21. The second-order valence-electron chi connectivity index (χ2n) is 7.08. The monoisotopic (exact) mass is 390 g/mol. The maximum atomic E-state index is 6.39. The van der Waals surface area contributed by atoms with Gasteiger partial charge < -0.3 is 16.0 Å². The maximum absolute atomic E-state index is 6.39. The summed E-state index contributed by atoms with van der Waals surface area (Å²) in [4.78, 5) is 6.29. The predicted molar refractivity (Wildman–Crippen MR) is 113 cm³/mol. The molecule has 0 fully saturated rings. The summed E-state index contributed by atoms with van der Waals surface area (Å²) in [6.07, 6.45) is 3.60. The first-order valence-corrected chi connectivity index (χ1v) is 8.91. The van der Waals surface area contributed by atoms with Crippen LogP contribution >= 0.6 is 23.2 Å². The van der Waals surface area contributed by atoms with Gasteiger partial charge in [0.2, 0.25) is 0 Å². The number of rotatable bonds is 5. The van der Waals surface area contributed by atoms with E-state index >= 15 is 0 Å². The zero-order chi connectivity index (χ0) is 19.5. The van der Waals surface area contributed by atoms with Crippen molar-refractivity contribution in [3.63, 3.8) is 0 Å². The van der Waals surface area contributed by atoms with Gasteiger partial charge in [-0.15, -0.1) is 0 Å². The molecule has 0 aliphatic rings. The first kappa shape index (κ1) is 20.1. The van der Waals surface area contributed by atoms with Crippen molar-refractivity contribution < 1.29 is 0 Å². The van der Waals surface area contributed by atoms with E-state index in [2.05, 4.69) is 37.7 Å². The topological polar surface area (TPSA) is 54.2 Å². The number of nitrogens with one attached hydrogen (secondary N) is 1. The minimum Gasteiger partial charge on any atom is -0.400 e. The molecule has 0 saturated carbocycles. The largest absolute Gasteiger partial charge is 0.400 e. The Morgan fingerprint density at radius 2 is 1.85 bits per heavy atom. The summed E-state index contributed by atoms with van der Waals surface area (Å²) in [6, 6.07) is 9.15. The van der Waals surface area contributed by atoms with Crippen LogP contribution in [0.2, 0.25) is 10.0 Å².